The monoisotopic (exact) mass is 205 g/mol. The molecule has 1 aromatic rings. The lowest BCUT2D eigenvalue weighted by molar-refractivity contribution is 0.0927. The zero-order valence-corrected chi connectivity index (χ0v) is 9.49. The van der Waals surface area contributed by atoms with Gasteiger partial charge in [0.15, 0.2) is 5.78 Å². The molecule has 1 rings (SSSR count). The van der Waals surface area contributed by atoms with Crippen LogP contribution in [0.15, 0.2) is 24.3 Å². The van der Waals surface area contributed by atoms with E-state index in [1.807, 2.05) is 38.1 Å². The molecule has 0 saturated carbocycles. The van der Waals surface area contributed by atoms with Crippen LogP contribution in [0.2, 0.25) is 0 Å². The van der Waals surface area contributed by atoms with E-state index in [-0.39, 0.29) is 11.7 Å². The highest BCUT2D eigenvalue weighted by atomic mass is 16.1. The zero-order valence-electron chi connectivity index (χ0n) is 9.49. The van der Waals surface area contributed by atoms with E-state index in [2.05, 4.69) is 0 Å². The summed E-state index contributed by atoms with van der Waals surface area (Å²) in [7, 11) is 0. The number of hydrogen-bond donors (Lipinski definition) is 1. The second-order valence-corrected chi connectivity index (χ2v) is 3.91. The highest BCUT2D eigenvalue weighted by Gasteiger charge is 2.12. The molecule has 2 N–H and O–H groups in total. The third kappa shape index (κ3) is 3.17. The average Bonchev–Trinajstić information content (AvgIpc) is 2.28. The number of nitrogens with two attached hydrogens (primary N) is 1. The molecule has 1 atom stereocenters. The molecule has 0 heterocycles. The van der Waals surface area contributed by atoms with E-state index >= 15 is 0 Å². The molecule has 1 aromatic carbocycles. The van der Waals surface area contributed by atoms with Crippen LogP contribution in [0.25, 0.3) is 0 Å². The quantitative estimate of drug-likeness (QED) is 0.750. The number of carbonyl (C=O) groups excluding carboxylic acids is 1. The van der Waals surface area contributed by atoms with E-state index in [9.17, 15) is 4.79 Å². The summed E-state index contributed by atoms with van der Waals surface area (Å²) in [5.74, 6) is 0.349. The van der Waals surface area contributed by atoms with Crippen molar-refractivity contribution in [3.05, 3.63) is 35.4 Å². The molecule has 0 saturated heterocycles. The topological polar surface area (TPSA) is 43.1 Å². The Hall–Kier alpha value is -1.15. The van der Waals surface area contributed by atoms with Crippen LogP contribution in [0.1, 0.15) is 36.2 Å². The molecule has 0 fully saturated rings. The van der Waals surface area contributed by atoms with Gasteiger partial charge in [-0.25, -0.2) is 0 Å². The lowest BCUT2D eigenvalue weighted by Gasteiger charge is -2.07. The Morgan fingerprint density at radius 1 is 1.33 bits per heavy atom. The zero-order chi connectivity index (χ0) is 11.3. The van der Waals surface area contributed by atoms with Crippen LogP contribution in [-0.4, -0.2) is 12.3 Å². The van der Waals surface area contributed by atoms with Gasteiger partial charge in [0.1, 0.15) is 0 Å². The molecule has 0 aliphatic carbocycles. The molecular formula is C13H19NO. The SMILES string of the molecule is CCC(C)C(=O)c1ccc(CCN)cc1. The molecular weight excluding hydrogens is 186 g/mol. The summed E-state index contributed by atoms with van der Waals surface area (Å²) in [4.78, 5) is 11.8. The Bertz CT molecular complexity index is 316. The fourth-order valence-corrected chi connectivity index (χ4v) is 1.47. The van der Waals surface area contributed by atoms with Gasteiger partial charge in [0, 0.05) is 11.5 Å². The minimum Gasteiger partial charge on any atom is -0.330 e. The van der Waals surface area contributed by atoms with Crippen LogP contribution in [0.3, 0.4) is 0 Å². The summed E-state index contributed by atoms with van der Waals surface area (Å²) in [6.45, 7) is 4.65. The first-order valence-electron chi connectivity index (χ1n) is 5.52. The van der Waals surface area contributed by atoms with E-state index in [4.69, 9.17) is 5.73 Å². The smallest absolute Gasteiger partial charge is 0.165 e. The van der Waals surface area contributed by atoms with Crippen LogP contribution in [0.4, 0.5) is 0 Å². The number of ketones is 1. The van der Waals surface area contributed by atoms with Crippen LogP contribution < -0.4 is 5.73 Å². The van der Waals surface area contributed by atoms with Crippen molar-refractivity contribution in [3.63, 3.8) is 0 Å². The number of carbonyl (C=O) groups is 1. The van der Waals surface area contributed by atoms with Crippen molar-refractivity contribution in [2.45, 2.75) is 26.7 Å². The lowest BCUT2D eigenvalue weighted by Crippen LogP contribution is -2.10. The lowest BCUT2D eigenvalue weighted by atomic mass is 9.96. The molecule has 0 bridgehead atoms. The van der Waals surface area contributed by atoms with Crippen LogP contribution in [-0.2, 0) is 6.42 Å². The van der Waals surface area contributed by atoms with Gasteiger partial charge >= 0.3 is 0 Å². The summed E-state index contributed by atoms with van der Waals surface area (Å²) in [5.41, 5.74) is 7.46. The second-order valence-electron chi connectivity index (χ2n) is 3.91. The molecule has 15 heavy (non-hydrogen) atoms. The van der Waals surface area contributed by atoms with Gasteiger partial charge in [0.05, 0.1) is 0 Å². The Balaban J connectivity index is 2.75. The molecule has 2 heteroatoms. The van der Waals surface area contributed by atoms with Crippen molar-refractivity contribution in [1.82, 2.24) is 0 Å². The van der Waals surface area contributed by atoms with Crippen LogP contribution in [0, 0.1) is 5.92 Å². The molecule has 0 spiro atoms. The number of Topliss-reactive ketones (excluding diaryl/α,β-unsaturated/α-hetero) is 1. The fraction of sp³-hybridized carbons (Fsp3) is 0.462. The van der Waals surface area contributed by atoms with E-state index in [1.165, 1.54) is 5.56 Å². The van der Waals surface area contributed by atoms with Crippen LogP contribution in [0.5, 0.6) is 0 Å². The highest BCUT2D eigenvalue weighted by molar-refractivity contribution is 5.97. The Morgan fingerprint density at radius 3 is 2.40 bits per heavy atom. The first-order valence-corrected chi connectivity index (χ1v) is 5.52. The molecule has 0 aliphatic heterocycles. The average molecular weight is 205 g/mol. The maximum Gasteiger partial charge on any atom is 0.165 e. The Morgan fingerprint density at radius 2 is 1.93 bits per heavy atom. The minimum absolute atomic E-state index is 0.116. The maximum atomic E-state index is 11.8. The van der Waals surface area contributed by atoms with Gasteiger partial charge in [0.2, 0.25) is 0 Å². The standard InChI is InChI=1S/C13H19NO/c1-3-10(2)13(15)12-6-4-11(5-7-12)8-9-14/h4-7,10H,3,8-9,14H2,1-2H3. The van der Waals surface area contributed by atoms with E-state index in [0.29, 0.717) is 6.54 Å². The third-order valence-corrected chi connectivity index (χ3v) is 2.73. The molecule has 0 amide bonds. The highest BCUT2D eigenvalue weighted by Crippen LogP contribution is 2.12. The summed E-state index contributed by atoms with van der Waals surface area (Å²) in [6.07, 6.45) is 1.77. The number of hydrogen-bond acceptors (Lipinski definition) is 2. The minimum atomic E-state index is 0.116. The van der Waals surface area contributed by atoms with Gasteiger partial charge in [-0.1, -0.05) is 38.1 Å². The maximum absolute atomic E-state index is 11.8. The first kappa shape index (κ1) is 11.9. The normalized spacial score (nSPS) is 12.5. The summed E-state index contributed by atoms with van der Waals surface area (Å²) in [5, 5.41) is 0. The predicted octanol–water partition coefficient (Wildman–Crippen LogP) is 2.42. The third-order valence-electron chi connectivity index (χ3n) is 2.73. The predicted molar refractivity (Wildman–Crippen MR) is 63.0 cm³/mol. The van der Waals surface area contributed by atoms with Gasteiger partial charge in [-0.15, -0.1) is 0 Å². The Labute approximate surface area is 91.5 Å². The first-order chi connectivity index (χ1) is 7.19. The molecule has 0 aromatic heterocycles. The van der Waals surface area contributed by atoms with Crippen molar-refractivity contribution < 1.29 is 4.79 Å². The van der Waals surface area contributed by atoms with E-state index in [0.717, 1.165) is 18.4 Å². The van der Waals surface area contributed by atoms with Gasteiger partial charge < -0.3 is 5.73 Å². The number of benzene rings is 1. The number of rotatable bonds is 5. The molecule has 0 aliphatic rings. The van der Waals surface area contributed by atoms with Gasteiger partial charge in [-0.3, -0.25) is 4.79 Å². The summed E-state index contributed by atoms with van der Waals surface area (Å²) < 4.78 is 0. The van der Waals surface area contributed by atoms with Crippen molar-refractivity contribution in [2.75, 3.05) is 6.54 Å². The van der Waals surface area contributed by atoms with Crippen molar-refractivity contribution >= 4 is 5.78 Å². The van der Waals surface area contributed by atoms with Gasteiger partial charge in [0.25, 0.3) is 0 Å². The molecule has 0 radical (unpaired) electrons. The summed E-state index contributed by atoms with van der Waals surface area (Å²) in [6, 6.07) is 7.78. The summed E-state index contributed by atoms with van der Waals surface area (Å²) >= 11 is 0. The van der Waals surface area contributed by atoms with Crippen molar-refractivity contribution in [2.24, 2.45) is 11.7 Å². The molecule has 2 nitrogen and oxygen atoms in total. The fourth-order valence-electron chi connectivity index (χ4n) is 1.47. The molecule has 82 valence electrons. The van der Waals surface area contributed by atoms with Crippen molar-refractivity contribution in [1.29, 1.82) is 0 Å². The second kappa shape index (κ2) is 5.66. The van der Waals surface area contributed by atoms with Gasteiger partial charge in [-0.2, -0.15) is 0 Å². The largest absolute Gasteiger partial charge is 0.330 e. The van der Waals surface area contributed by atoms with Gasteiger partial charge in [-0.05, 0) is 24.9 Å². The molecule has 1 unspecified atom stereocenters. The van der Waals surface area contributed by atoms with Crippen molar-refractivity contribution in [3.8, 4) is 0 Å². The van der Waals surface area contributed by atoms with E-state index in [1.54, 1.807) is 0 Å². The Kier molecular flexibility index (Phi) is 4.50. The van der Waals surface area contributed by atoms with E-state index < -0.39 is 0 Å². The van der Waals surface area contributed by atoms with Crippen LogP contribution >= 0.6 is 0 Å².